The molecule has 0 aliphatic heterocycles. The van der Waals surface area contributed by atoms with Crippen molar-refractivity contribution in [3.8, 4) is 0 Å². The van der Waals surface area contributed by atoms with Crippen LogP contribution in [0.1, 0.15) is 342 Å². The Bertz CT molecular complexity index is 1520. The fourth-order valence-electron chi connectivity index (χ4n) is 10.4. The molecule has 0 aliphatic carbocycles. The van der Waals surface area contributed by atoms with Crippen LogP contribution in [0.2, 0.25) is 0 Å². The molecule has 3 unspecified atom stereocenters. The summed E-state index contributed by atoms with van der Waals surface area (Å²) in [5.41, 5.74) is 0. The number of ether oxygens (including phenoxy) is 1. The number of quaternary nitrogens is 1. The SMILES string of the molecule is CCCCC/C=C\C/C=C\C/C=C\CCCCCCCCCCCCCCCCC(=O)NC(COP(=O)(O)OCC[N+](C)(C)C)C(/C=C\CCCCCCCCCCCCC)OC(=O)CCCCCCCCCCCCCCCCC. The van der Waals surface area contributed by atoms with Crippen LogP contribution in [-0.2, 0) is 27.9 Å². The van der Waals surface area contributed by atoms with E-state index in [1.165, 1.54) is 238 Å². The maximum Gasteiger partial charge on any atom is 0.472 e. The molecule has 0 heterocycles. The molecule has 10 heteroatoms. The Hall–Kier alpha value is -2.03. The third-order valence-electron chi connectivity index (χ3n) is 15.8. The minimum atomic E-state index is -4.45. The lowest BCUT2D eigenvalue weighted by Gasteiger charge is -2.27. The molecule has 0 aromatic heterocycles. The number of likely N-dealkylation sites (N-methyl/N-ethyl adjacent to an activating group) is 1. The number of hydrogen-bond donors (Lipinski definition) is 2. The number of rotatable bonds is 64. The van der Waals surface area contributed by atoms with E-state index < -0.39 is 20.0 Å². The van der Waals surface area contributed by atoms with Crippen molar-refractivity contribution in [1.82, 2.24) is 5.32 Å². The van der Waals surface area contributed by atoms with Gasteiger partial charge in [-0.3, -0.25) is 18.6 Å². The lowest BCUT2D eigenvalue weighted by molar-refractivity contribution is -0.870. The Morgan fingerprint density at radius 2 is 0.753 bits per heavy atom. The number of phosphoric acid groups is 1. The van der Waals surface area contributed by atoms with Gasteiger partial charge in [-0.05, 0) is 70.3 Å². The van der Waals surface area contributed by atoms with E-state index in [1.54, 1.807) is 0 Å². The minimum absolute atomic E-state index is 0.0423. The van der Waals surface area contributed by atoms with Crippen LogP contribution in [0.3, 0.4) is 0 Å². The zero-order valence-corrected chi connectivity index (χ0v) is 55.4. The Morgan fingerprint density at radius 3 is 1.15 bits per heavy atom. The van der Waals surface area contributed by atoms with Crippen LogP contribution >= 0.6 is 7.82 Å². The van der Waals surface area contributed by atoms with E-state index in [9.17, 15) is 19.0 Å². The molecule has 3 atom stereocenters. The second kappa shape index (κ2) is 61.1. The standard InChI is InChI=1S/C71H135N2O7P/c1-7-10-13-16-19-22-25-28-30-31-32-33-34-35-36-37-38-39-40-41-43-45-48-51-54-57-60-63-70(74)72-68(67-79-81(76,77)78-66-65-73(4,5)6)69(62-59-56-53-50-47-44-27-24-21-18-15-12-9-3)80-71(75)64-61-58-55-52-49-46-42-29-26-23-20-17-14-11-8-2/h19,22,28,30,32-33,59,62,68-69H,7-18,20-21,23-27,29,31,34-58,60-61,63-67H2,1-6H3,(H-,72,74,76,77)/p+1/b22-19-,30-28-,33-32-,62-59-. The first kappa shape index (κ1) is 79.0. The Morgan fingerprint density at radius 1 is 0.432 bits per heavy atom. The van der Waals surface area contributed by atoms with Gasteiger partial charge in [-0.15, -0.1) is 0 Å². The number of unbranched alkanes of at least 4 members (excludes halogenated alkanes) is 42. The molecule has 1 amide bonds. The lowest BCUT2D eigenvalue weighted by atomic mass is 10.0. The summed E-state index contributed by atoms with van der Waals surface area (Å²) in [5, 5.41) is 3.07. The number of carbonyl (C=O) groups excluding carboxylic acids is 2. The zero-order chi connectivity index (χ0) is 59.3. The molecule has 0 aliphatic rings. The highest BCUT2D eigenvalue weighted by Gasteiger charge is 2.30. The first-order valence-corrected chi connectivity index (χ1v) is 36.5. The molecule has 0 aromatic carbocycles. The first-order chi connectivity index (χ1) is 39.4. The number of carbonyl (C=O) groups is 2. The van der Waals surface area contributed by atoms with Gasteiger partial charge in [0.05, 0.1) is 33.8 Å². The number of nitrogens with one attached hydrogen (secondary N) is 1. The molecule has 0 saturated heterocycles. The van der Waals surface area contributed by atoms with Gasteiger partial charge in [0.1, 0.15) is 19.3 Å². The lowest BCUT2D eigenvalue weighted by Crippen LogP contribution is -2.47. The molecule has 0 aromatic rings. The Kier molecular flexibility index (Phi) is 59.5. The summed E-state index contributed by atoms with van der Waals surface area (Å²) in [5.74, 6) is -0.489. The van der Waals surface area contributed by atoms with Crippen LogP contribution in [0.15, 0.2) is 48.6 Å². The van der Waals surface area contributed by atoms with Crippen molar-refractivity contribution in [1.29, 1.82) is 0 Å². The van der Waals surface area contributed by atoms with E-state index in [2.05, 4.69) is 62.5 Å². The van der Waals surface area contributed by atoms with Crippen LogP contribution in [-0.4, -0.2) is 74.3 Å². The van der Waals surface area contributed by atoms with Gasteiger partial charge in [0, 0.05) is 12.8 Å². The van der Waals surface area contributed by atoms with Crippen molar-refractivity contribution < 1.29 is 37.3 Å². The monoisotopic (exact) mass is 1160 g/mol. The summed E-state index contributed by atoms with van der Waals surface area (Å²) in [7, 11) is 1.51. The van der Waals surface area contributed by atoms with Crippen molar-refractivity contribution >= 4 is 19.7 Å². The number of esters is 1. The average Bonchev–Trinajstić information content (AvgIpc) is 3.44. The maximum atomic E-state index is 13.6. The highest BCUT2D eigenvalue weighted by molar-refractivity contribution is 7.47. The molecule has 9 nitrogen and oxygen atoms in total. The second-order valence-electron chi connectivity index (χ2n) is 25.1. The van der Waals surface area contributed by atoms with Gasteiger partial charge in [-0.25, -0.2) is 4.57 Å². The van der Waals surface area contributed by atoms with Gasteiger partial charge in [-0.1, -0.05) is 307 Å². The summed E-state index contributed by atoms with van der Waals surface area (Å²) < 4.78 is 30.8. The fourth-order valence-corrected chi connectivity index (χ4v) is 11.1. The van der Waals surface area contributed by atoms with Gasteiger partial charge in [-0.2, -0.15) is 0 Å². The van der Waals surface area contributed by atoms with E-state index in [0.29, 0.717) is 23.9 Å². The molecule has 0 bridgehead atoms. The molecule has 0 rings (SSSR count). The number of nitrogens with zero attached hydrogens (tertiary/aromatic N) is 1. The first-order valence-electron chi connectivity index (χ1n) is 35.0. The van der Waals surface area contributed by atoms with Gasteiger partial charge in [0.15, 0.2) is 0 Å². The van der Waals surface area contributed by atoms with E-state index in [0.717, 1.165) is 70.6 Å². The smallest absolute Gasteiger partial charge is 0.456 e. The molecular weight excluding hydrogens is 1020 g/mol. The quantitative estimate of drug-likeness (QED) is 0.0205. The molecular formula is C71H136N2O7P+. The molecule has 476 valence electrons. The third-order valence-corrected chi connectivity index (χ3v) is 16.8. The summed E-state index contributed by atoms with van der Waals surface area (Å²) in [6.07, 6.45) is 76.9. The predicted molar refractivity (Wildman–Crippen MR) is 351 cm³/mol. The van der Waals surface area contributed by atoms with Crippen molar-refractivity contribution in [3.63, 3.8) is 0 Å². The predicted octanol–water partition coefficient (Wildman–Crippen LogP) is 22.0. The summed E-state index contributed by atoms with van der Waals surface area (Å²) >= 11 is 0. The van der Waals surface area contributed by atoms with Crippen molar-refractivity contribution in [3.05, 3.63) is 48.6 Å². The van der Waals surface area contributed by atoms with Crippen LogP contribution in [0.25, 0.3) is 0 Å². The van der Waals surface area contributed by atoms with Gasteiger partial charge in [0.2, 0.25) is 5.91 Å². The Labute approximate surface area is 503 Å². The van der Waals surface area contributed by atoms with Gasteiger partial charge in [0.25, 0.3) is 0 Å². The average molecular weight is 1160 g/mol. The van der Waals surface area contributed by atoms with Crippen molar-refractivity contribution in [2.45, 2.75) is 354 Å². The van der Waals surface area contributed by atoms with Crippen LogP contribution < -0.4 is 5.32 Å². The van der Waals surface area contributed by atoms with E-state index >= 15 is 0 Å². The zero-order valence-electron chi connectivity index (χ0n) is 54.5. The van der Waals surface area contributed by atoms with Crippen LogP contribution in [0.4, 0.5) is 0 Å². The fraction of sp³-hybridized carbons (Fsp3) is 0.859. The summed E-state index contributed by atoms with van der Waals surface area (Å²) in [6.45, 7) is 7.03. The molecule has 0 fully saturated rings. The third kappa shape index (κ3) is 62.3. The van der Waals surface area contributed by atoms with Crippen molar-refractivity contribution in [2.75, 3.05) is 40.9 Å². The number of hydrogen-bond acceptors (Lipinski definition) is 6. The highest BCUT2D eigenvalue weighted by atomic mass is 31.2. The highest BCUT2D eigenvalue weighted by Crippen LogP contribution is 2.43. The topological polar surface area (TPSA) is 111 Å². The van der Waals surface area contributed by atoms with Gasteiger partial charge < -0.3 is 19.4 Å². The maximum absolute atomic E-state index is 13.6. The molecule has 2 N–H and O–H groups in total. The van der Waals surface area contributed by atoms with E-state index in [1.807, 2.05) is 33.3 Å². The van der Waals surface area contributed by atoms with E-state index in [-0.39, 0.29) is 25.1 Å². The minimum Gasteiger partial charge on any atom is -0.456 e. The van der Waals surface area contributed by atoms with E-state index in [4.69, 9.17) is 13.8 Å². The molecule has 0 spiro atoms. The van der Waals surface area contributed by atoms with Crippen molar-refractivity contribution in [2.24, 2.45) is 0 Å². The normalized spacial score (nSPS) is 13.8. The van der Waals surface area contributed by atoms with Crippen LogP contribution in [0.5, 0.6) is 0 Å². The summed E-state index contributed by atoms with van der Waals surface area (Å²) in [4.78, 5) is 37.8. The number of phosphoric ester groups is 1. The Balaban J connectivity index is 5.03. The van der Waals surface area contributed by atoms with Crippen LogP contribution in [0, 0.1) is 0 Å². The molecule has 81 heavy (non-hydrogen) atoms. The number of allylic oxidation sites excluding steroid dienone is 7. The molecule has 0 saturated carbocycles. The number of amides is 1. The van der Waals surface area contributed by atoms with Gasteiger partial charge >= 0.3 is 13.8 Å². The molecule has 0 radical (unpaired) electrons. The second-order valence-corrected chi connectivity index (χ2v) is 26.5. The largest absolute Gasteiger partial charge is 0.472 e. The summed E-state index contributed by atoms with van der Waals surface area (Å²) in [6, 6.07) is -0.846.